The average molecular weight is 324 g/mol. The molecule has 6 nitrogen and oxygen atoms in total. The highest BCUT2D eigenvalue weighted by Gasteiger charge is 2.00. The van der Waals surface area contributed by atoms with Gasteiger partial charge >= 0.3 is 11.9 Å². The van der Waals surface area contributed by atoms with E-state index in [4.69, 9.17) is 13.5 Å². The molecule has 0 aliphatic rings. The van der Waals surface area contributed by atoms with E-state index in [1.54, 1.807) is 54.6 Å². The van der Waals surface area contributed by atoms with E-state index in [1.807, 2.05) is 6.07 Å². The summed E-state index contributed by atoms with van der Waals surface area (Å²) in [5, 5.41) is 8.38. The Morgan fingerprint density at radius 1 is 0.864 bits per heavy atom. The molecule has 0 aliphatic carbocycles. The molecule has 7 heteroatoms. The first kappa shape index (κ1) is 19.3. The second-order valence-corrected chi connectivity index (χ2v) is 3.78. The van der Waals surface area contributed by atoms with Crippen LogP contribution in [0.4, 0.5) is 0 Å². The number of rotatable bonds is 2. The Kier molecular flexibility index (Phi) is 10.6. The zero-order valence-corrected chi connectivity index (χ0v) is 12.8. The van der Waals surface area contributed by atoms with E-state index in [0.29, 0.717) is 11.1 Å². The molecule has 2 aromatic carbocycles. The van der Waals surface area contributed by atoms with E-state index in [-0.39, 0.29) is 5.97 Å². The van der Waals surface area contributed by atoms with Crippen molar-refractivity contribution >= 4 is 23.5 Å². The molecule has 0 amide bonds. The third-order valence-electron chi connectivity index (χ3n) is 2.22. The number of ether oxygens (including phenoxy) is 1. The van der Waals surface area contributed by atoms with Crippen molar-refractivity contribution in [3.05, 3.63) is 71.8 Å². The van der Waals surface area contributed by atoms with Gasteiger partial charge in [-0.05, 0) is 24.3 Å². The van der Waals surface area contributed by atoms with Gasteiger partial charge in [0.1, 0.15) is 11.6 Å². The van der Waals surface area contributed by atoms with Crippen LogP contribution in [-0.4, -0.2) is 32.6 Å². The van der Waals surface area contributed by atoms with Crippen LogP contribution in [-0.2, 0) is 16.3 Å². The normalized spacial score (nSPS) is 8.41. The molecule has 118 valence electrons. The van der Waals surface area contributed by atoms with Crippen molar-refractivity contribution in [3.8, 4) is 0 Å². The highest BCUT2D eigenvalue weighted by atomic mass is 32.1. The lowest BCUT2D eigenvalue weighted by molar-refractivity contribution is 0.0599. The van der Waals surface area contributed by atoms with Gasteiger partial charge in [0.15, 0.2) is 0 Å². The molecule has 0 radical (unpaired) electrons. The molecule has 0 heterocycles. The van der Waals surface area contributed by atoms with Crippen LogP contribution in [0.1, 0.15) is 20.7 Å². The van der Waals surface area contributed by atoms with Crippen molar-refractivity contribution in [2.75, 3.05) is 7.11 Å². The summed E-state index contributed by atoms with van der Waals surface area (Å²) < 4.78 is 21.3. The fourth-order valence-corrected chi connectivity index (χ4v) is 1.27. The predicted octanol–water partition coefficient (Wildman–Crippen LogP) is 1.65. The summed E-state index contributed by atoms with van der Waals surface area (Å²) in [6.07, 6.45) is 0. The van der Waals surface area contributed by atoms with Crippen LogP contribution in [0.5, 0.6) is 0 Å². The summed E-state index contributed by atoms with van der Waals surface area (Å²) in [5.74, 6) is -1.17. The zero-order chi connectivity index (χ0) is 16.8. The van der Waals surface area contributed by atoms with Crippen molar-refractivity contribution in [2.24, 2.45) is 0 Å². The molecular formula is C15H16O6S. The van der Waals surface area contributed by atoms with Crippen molar-refractivity contribution in [3.63, 3.8) is 0 Å². The van der Waals surface area contributed by atoms with Crippen molar-refractivity contribution in [1.29, 1.82) is 0 Å². The standard InChI is InChI=1S/C8H8O2.C7H6O2.H2O2S/c1-10-8(9)7-5-3-2-4-6-7;8-7(9)6-4-2-1-3-5-6;1-3-2/h2-6H,1H3;1-5H,(H,8,9);3H2. The molecule has 2 aromatic rings. The molecule has 0 bridgehead atoms. The molecule has 0 atom stereocenters. The molecule has 0 saturated carbocycles. The Balaban J connectivity index is 0.000000342. The summed E-state index contributed by atoms with van der Waals surface area (Å²) in [6.45, 7) is 0. The molecule has 0 aromatic heterocycles. The molecule has 0 fully saturated rings. The smallest absolute Gasteiger partial charge is 0.337 e. The Hall–Kier alpha value is -2.67. The van der Waals surface area contributed by atoms with Gasteiger partial charge in [-0.25, -0.2) is 18.0 Å². The molecule has 0 spiro atoms. The van der Waals surface area contributed by atoms with E-state index in [0.717, 1.165) is 0 Å². The monoisotopic (exact) mass is 324 g/mol. The number of hydrogen-bond donors (Lipinski definition) is 1. The van der Waals surface area contributed by atoms with Crippen LogP contribution in [0, 0.1) is 0 Å². The summed E-state index contributed by atoms with van der Waals surface area (Å²) >= 11 is -1.42. The Labute approximate surface area is 131 Å². The number of methoxy groups -OCH3 is 1. The maximum atomic E-state index is 10.8. The van der Waals surface area contributed by atoms with Crippen molar-refractivity contribution in [2.45, 2.75) is 0 Å². The number of carbonyl (C=O) groups excluding carboxylic acids is 1. The van der Waals surface area contributed by atoms with E-state index in [1.165, 1.54) is 7.11 Å². The zero-order valence-electron chi connectivity index (χ0n) is 11.8. The Morgan fingerprint density at radius 3 is 1.50 bits per heavy atom. The summed E-state index contributed by atoms with van der Waals surface area (Å²) in [5.41, 5.74) is 0.919. The number of benzene rings is 2. The Bertz CT molecular complexity index is 606. The van der Waals surface area contributed by atoms with Crippen LogP contribution in [0.15, 0.2) is 60.7 Å². The van der Waals surface area contributed by atoms with E-state index >= 15 is 0 Å². The fourth-order valence-electron chi connectivity index (χ4n) is 1.27. The number of carboxylic acids is 1. The molecule has 0 unspecified atom stereocenters. The van der Waals surface area contributed by atoms with Crippen molar-refractivity contribution < 1.29 is 27.9 Å². The van der Waals surface area contributed by atoms with Gasteiger partial charge < -0.3 is 9.84 Å². The summed E-state index contributed by atoms with van der Waals surface area (Å²) in [6, 6.07) is 17.2. The maximum absolute atomic E-state index is 10.8. The highest BCUT2D eigenvalue weighted by molar-refractivity contribution is 7.51. The van der Waals surface area contributed by atoms with Crippen LogP contribution in [0.3, 0.4) is 0 Å². The minimum absolute atomic E-state index is 0.291. The van der Waals surface area contributed by atoms with E-state index in [2.05, 4.69) is 4.74 Å². The molecule has 0 saturated heterocycles. The minimum Gasteiger partial charge on any atom is -0.478 e. The average Bonchev–Trinajstić information content (AvgIpc) is 2.57. The van der Waals surface area contributed by atoms with Gasteiger partial charge in [-0.1, -0.05) is 36.4 Å². The van der Waals surface area contributed by atoms with Crippen LogP contribution in [0.25, 0.3) is 0 Å². The molecule has 1 N–H and O–H groups in total. The van der Waals surface area contributed by atoms with E-state index in [9.17, 15) is 9.59 Å². The van der Waals surface area contributed by atoms with Gasteiger partial charge in [-0.2, -0.15) is 0 Å². The summed E-state index contributed by atoms with van der Waals surface area (Å²) in [4.78, 5) is 21.0. The number of carbonyl (C=O) groups is 2. The van der Waals surface area contributed by atoms with Gasteiger partial charge in [-0.15, -0.1) is 0 Å². The lowest BCUT2D eigenvalue weighted by Crippen LogP contribution is -1.99. The number of carboxylic acid groups (broad SMARTS) is 1. The van der Waals surface area contributed by atoms with Crippen LogP contribution >= 0.6 is 0 Å². The first-order chi connectivity index (χ1) is 10.6. The molecular weight excluding hydrogens is 308 g/mol. The number of esters is 1. The highest BCUT2D eigenvalue weighted by Crippen LogP contribution is 1.99. The molecule has 0 aliphatic heterocycles. The van der Waals surface area contributed by atoms with Crippen LogP contribution in [0.2, 0.25) is 0 Å². The number of aromatic carboxylic acids is 1. The lowest BCUT2D eigenvalue weighted by atomic mass is 10.2. The van der Waals surface area contributed by atoms with Gasteiger partial charge in [0.2, 0.25) is 0 Å². The van der Waals surface area contributed by atoms with Gasteiger partial charge in [0.05, 0.1) is 18.2 Å². The minimum atomic E-state index is -1.42. The topological polar surface area (TPSA) is 97.7 Å². The van der Waals surface area contributed by atoms with E-state index < -0.39 is 17.5 Å². The van der Waals surface area contributed by atoms with Gasteiger partial charge in [-0.3, -0.25) is 0 Å². The molecule has 2 rings (SSSR count). The predicted molar refractivity (Wildman–Crippen MR) is 82.9 cm³/mol. The van der Waals surface area contributed by atoms with Gasteiger partial charge in [0, 0.05) is 0 Å². The first-order valence-corrected chi connectivity index (χ1v) is 6.79. The largest absolute Gasteiger partial charge is 0.478 e. The van der Waals surface area contributed by atoms with Gasteiger partial charge in [0.25, 0.3) is 0 Å². The lowest BCUT2D eigenvalue weighted by Gasteiger charge is -1.95. The quantitative estimate of drug-likeness (QED) is 0.844. The fraction of sp³-hybridized carbons (Fsp3) is 0.0667. The third-order valence-corrected chi connectivity index (χ3v) is 2.22. The summed E-state index contributed by atoms with van der Waals surface area (Å²) in [7, 11) is 1.37. The Morgan fingerprint density at radius 2 is 1.23 bits per heavy atom. The van der Waals surface area contributed by atoms with Crippen LogP contribution < -0.4 is 0 Å². The second-order valence-electron chi connectivity index (χ2n) is 3.61. The maximum Gasteiger partial charge on any atom is 0.337 e. The number of hydrogen-bond acceptors (Lipinski definition) is 5. The first-order valence-electron chi connectivity index (χ1n) is 5.97. The second kappa shape index (κ2) is 12.1. The van der Waals surface area contributed by atoms with Crippen molar-refractivity contribution in [1.82, 2.24) is 0 Å². The SMILES string of the molecule is COC(=O)c1ccccc1.O=C(O)c1ccccc1.O=[SH2]=O. The molecule has 22 heavy (non-hydrogen) atoms. The third kappa shape index (κ3) is 8.49.